The summed E-state index contributed by atoms with van der Waals surface area (Å²) in [6.45, 7) is 3.20. The van der Waals surface area contributed by atoms with Gasteiger partial charge in [0.15, 0.2) is 0 Å². The lowest BCUT2D eigenvalue weighted by Crippen LogP contribution is -2.61. The minimum absolute atomic E-state index is 0.222. The average Bonchev–Trinajstić information content (AvgIpc) is 2.85. The number of cyclic esters (lactones) is 1. The summed E-state index contributed by atoms with van der Waals surface area (Å²) in [4.78, 5) is 14.9. The molecule has 0 radical (unpaired) electrons. The quantitative estimate of drug-likeness (QED) is 0.910. The van der Waals surface area contributed by atoms with Crippen LogP contribution in [0.2, 0.25) is 0 Å². The van der Waals surface area contributed by atoms with Crippen molar-refractivity contribution in [2.24, 2.45) is 0 Å². The number of aliphatic hydroxyl groups excluding tert-OH is 1. The van der Waals surface area contributed by atoms with E-state index in [0.29, 0.717) is 24.5 Å². The number of carbonyl (C=O) groups excluding carboxylic acids is 1. The predicted molar refractivity (Wildman–Crippen MR) is 78.7 cm³/mol. The fraction of sp³-hybridized carbons (Fsp3) is 0.533. The van der Waals surface area contributed by atoms with Crippen LogP contribution in [0.5, 0.6) is 0 Å². The van der Waals surface area contributed by atoms with Gasteiger partial charge in [0.05, 0.1) is 30.1 Å². The van der Waals surface area contributed by atoms with Crippen LogP contribution in [0.1, 0.15) is 6.92 Å². The summed E-state index contributed by atoms with van der Waals surface area (Å²) >= 11 is 0. The highest BCUT2D eigenvalue weighted by Crippen LogP contribution is 2.34. The van der Waals surface area contributed by atoms with E-state index in [4.69, 9.17) is 14.6 Å². The minimum Gasteiger partial charge on any atom is -0.441 e. The molecule has 0 spiro atoms. The molecule has 0 unspecified atom stereocenters. The molecule has 7 heteroatoms. The van der Waals surface area contributed by atoms with Gasteiger partial charge in [-0.1, -0.05) is 0 Å². The van der Waals surface area contributed by atoms with Crippen LogP contribution in [0.25, 0.3) is 0 Å². The van der Waals surface area contributed by atoms with E-state index in [9.17, 15) is 9.18 Å². The molecule has 2 aliphatic rings. The number of amides is 1. The molecule has 2 fully saturated rings. The first-order valence-electron chi connectivity index (χ1n) is 7.14. The van der Waals surface area contributed by atoms with Crippen molar-refractivity contribution >= 4 is 17.5 Å². The van der Waals surface area contributed by atoms with Crippen molar-refractivity contribution < 1.29 is 23.8 Å². The van der Waals surface area contributed by atoms with Gasteiger partial charge in [0.25, 0.3) is 0 Å². The van der Waals surface area contributed by atoms with Gasteiger partial charge in [-0.2, -0.15) is 0 Å². The van der Waals surface area contributed by atoms with Gasteiger partial charge < -0.3 is 19.5 Å². The topological polar surface area (TPSA) is 62.2 Å². The summed E-state index contributed by atoms with van der Waals surface area (Å²) in [5, 5.41) is 9.04. The standard InChI is InChI=1S/C15H19FN2O4/c1-15(21-2)8-17(9-15)13-4-3-10(5-12(13)16)18-6-11(7-19)22-14(18)20/h3-5,11,19H,6-9H2,1-2H3/t11-/m1/s1. The van der Waals surface area contributed by atoms with E-state index in [1.807, 2.05) is 11.8 Å². The van der Waals surface area contributed by atoms with Crippen LogP contribution < -0.4 is 9.80 Å². The van der Waals surface area contributed by atoms with Crippen LogP contribution in [-0.4, -0.2) is 56.3 Å². The Morgan fingerprint density at radius 3 is 2.77 bits per heavy atom. The van der Waals surface area contributed by atoms with Crippen LogP contribution in [0, 0.1) is 5.82 Å². The Bertz CT molecular complexity index is 589. The summed E-state index contributed by atoms with van der Waals surface area (Å²) in [5.74, 6) is -0.393. The van der Waals surface area contributed by atoms with Gasteiger partial charge in [0, 0.05) is 20.2 Å². The monoisotopic (exact) mass is 310 g/mol. The number of nitrogens with zero attached hydrogens (tertiary/aromatic N) is 2. The highest BCUT2D eigenvalue weighted by Gasteiger charge is 2.40. The molecule has 1 amide bonds. The summed E-state index contributed by atoms with van der Waals surface area (Å²) in [6, 6.07) is 4.65. The van der Waals surface area contributed by atoms with Gasteiger partial charge in [-0.25, -0.2) is 9.18 Å². The van der Waals surface area contributed by atoms with Gasteiger partial charge in [-0.15, -0.1) is 0 Å². The zero-order chi connectivity index (χ0) is 15.9. The maximum Gasteiger partial charge on any atom is 0.414 e. The van der Waals surface area contributed by atoms with Crippen LogP contribution in [0.3, 0.4) is 0 Å². The Morgan fingerprint density at radius 2 is 2.23 bits per heavy atom. The van der Waals surface area contributed by atoms with E-state index in [1.165, 1.54) is 11.0 Å². The highest BCUT2D eigenvalue weighted by molar-refractivity contribution is 5.90. The van der Waals surface area contributed by atoms with Gasteiger partial charge >= 0.3 is 6.09 Å². The van der Waals surface area contributed by atoms with Crippen LogP contribution >= 0.6 is 0 Å². The first-order chi connectivity index (χ1) is 10.5. The van der Waals surface area contributed by atoms with Crippen molar-refractivity contribution in [2.45, 2.75) is 18.6 Å². The molecule has 1 aromatic rings. The number of rotatable bonds is 4. The van der Waals surface area contributed by atoms with Crippen molar-refractivity contribution in [2.75, 3.05) is 43.2 Å². The number of anilines is 2. The molecule has 0 saturated carbocycles. The lowest BCUT2D eigenvalue weighted by atomic mass is 9.95. The van der Waals surface area contributed by atoms with Crippen molar-refractivity contribution in [1.82, 2.24) is 0 Å². The molecule has 3 rings (SSSR count). The fourth-order valence-electron chi connectivity index (χ4n) is 2.81. The van der Waals surface area contributed by atoms with Crippen LogP contribution in [-0.2, 0) is 9.47 Å². The number of aliphatic hydroxyl groups is 1. The van der Waals surface area contributed by atoms with E-state index in [-0.39, 0.29) is 18.8 Å². The lowest BCUT2D eigenvalue weighted by molar-refractivity contribution is -0.0170. The van der Waals surface area contributed by atoms with Gasteiger partial charge in [-0.3, -0.25) is 4.90 Å². The second kappa shape index (κ2) is 5.40. The lowest BCUT2D eigenvalue weighted by Gasteiger charge is -2.48. The first kappa shape index (κ1) is 15.1. The number of methoxy groups -OCH3 is 1. The Labute approximate surface area is 128 Å². The summed E-state index contributed by atoms with van der Waals surface area (Å²) in [5.41, 5.74) is 0.680. The molecule has 0 aromatic heterocycles. The van der Waals surface area contributed by atoms with Crippen LogP contribution in [0.15, 0.2) is 18.2 Å². The second-order valence-corrected chi connectivity index (χ2v) is 5.94. The molecule has 1 aromatic carbocycles. The number of hydrogen-bond donors (Lipinski definition) is 1. The third kappa shape index (κ3) is 2.50. The van der Waals surface area contributed by atoms with Crippen LogP contribution in [0.4, 0.5) is 20.6 Å². The molecular weight excluding hydrogens is 291 g/mol. The number of benzene rings is 1. The first-order valence-corrected chi connectivity index (χ1v) is 7.14. The van der Waals surface area contributed by atoms with E-state index < -0.39 is 18.0 Å². The minimum atomic E-state index is -0.567. The van der Waals surface area contributed by atoms with Crippen molar-refractivity contribution in [3.63, 3.8) is 0 Å². The van der Waals surface area contributed by atoms with Gasteiger partial charge in [0.2, 0.25) is 0 Å². The molecule has 1 atom stereocenters. The van der Waals surface area contributed by atoms with E-state index in [0.717, 1.165) is 0 Å². The fourth-order valence-corrected chi connectivity index (χ4v) is 2.81. The number of halogens is 1. The predicted octanol–water partition coefficient (Wildman–Crippen LogP) is 1.37. The number of ether oxygens (including phenoxy) is 2. The molecule has 6 nitrogen and oxygen atoms in total. The molecule has 120 valence electrons. The molecular formula is C15H19FN2O4. The molecule has 2 aliphatic heterocycles. The molecule has 2 saturated heterocycles. The Kier molecular flexibility index (Phi) is 3.70. The number of hydrogen-bond acceptors (Lipinski definition) is 5. The average molecular weight is 310 g/mol. The molecule has 1 N–H and O–H groups in total. The van der Waals surface area contributed by atoms with Gasteiger partial charge in [-0.05, 0) is 25.1 Å². The molecule has 22 heavy (non-hydrogen) atoms. The van der Waals surface area contributed by atoms with Gasteiger partial charge in [0.1, 0.15) is 11.9 Å². The highest BCUT2D eigenvalue weighted by atomic mass is 19.1. The Balaban J connectivity index is 1.75. The summed E-state index contributed by atoms with van der Waals surface area (Å²) < 4.78 is 24.6. The smallest absolute Gasteiger partial charge is 0.414 e. The van der Waals surface area contributed by atoms with Crippen molar-refractivity contribution in [3.8, 4) is 0 Å². The maximum atomic E-state index is 14.3. The van der Waals surface area contributed by atoms with E-state index in [2.05, 4.69) is 0 Å². The van der Waals surface area contributed by atoms with E-state index in [1.54, 1.807) is 19.2 Å². The zero-order valence-corrected chi connectivity index (χ0v) is 12.6. The SMILES string of the molecule is COC1(C)CN(c2ccc(N3C[C@H](CO)OC3=O)cc2F)C1. The van der Waals surface area contributed by atoms with Crippen molar-refractivity contribution in [1.29, 1.82) is 0 Å². The second-order valence-electron chi connectivity index (χ2n) is 5.94. The normalized spacial score (nSPS) is 23.5. The number of carbonyl (C=O) groups is 1. The zero-order valence-electron chi connectivity index (χ0n) is 12.6. The summed E-state index contributed by atoms with van der Waals surface area (Å²) in [7, 11) is 1.65. The summed E-state index contributed by atoms with van der Waals surface area (Å²) in [6.07, 6.45) is -1.13. The Morgan fingerprint density at radius 1 is 1.50 bits per heavy atom. The maximum absolute atomic E-state index is 14.3. The molecule has 2 heterocycles. The Hall–Kier alpha value is -1.86. The molecule has 0 aliphatic carbocycles. The van der Waals surface area contributed by atoms with Crippen molar-refractivity contribution in [3.05, 3.63) is 24.0 Å². The third-order valence-corrected chi connectivity index (χ3v) is 4.20. The molecule has 0 bridgehead atoms. The third-order valence-electron chi connectivity index (χ3n) is 4.20. The largest absolute Gasteiger partial charge is 0.441 e. The van der Waals surface area contributed by atoms with E-state index >= 15 is 0 Å².